The maximum Gasteiger partial charge on any atom is 0.315 e. The standard InChI is InChI=1S/C16H25N3O/c1-14(19-10-6-3-7-11-19)12-17-16(20)18-13-15-8-4-2-5-9-15/h2,4-5,8-9,14H,3,6-7,10-13H2,1H3,(H2,17,18,20). The number of benzene rings is 1. The van der Waals surface area contributed by atoms with Crippen molar-refractivity contribution >= 4 is 6.03 Å². The van der Waals surface area contributed by atoms with Crippen molar-refractivity contribution in [2.75, 3.05) is 19.6 Å². The Balaban J connectivity index is 1.64. The first kappa shape index (κ1) is 14.9. The first-order chi connectivity index (χ1) is 9.75. The van der Waals surface area contributed by atoms with Crippen molar-refractivity contribution in [3.63, 3.8) is 0 Å². The van der Waals surface area contributed by atoms with Crippen molar-refractivity contribution in [2.45, 2.75) is 38.8 Å². The van der Waals surface area contributed by atoms with Gasteiger partial charge in [-0.3, -0.25) is 4.90 Å². The fourth-order valence-electron chi connectivity index (χ4n) is 2.57. The molecule has 20 heavy (non-hydrogen) atoms. The number of carbonyl (C=O) groups is 1. The number of rotatable bonds is 5. The van der Waals surface area contributed by atoms with E-state index in [1.165, 1.54) is 19.3 Å². The van der Waals surface area contributed by atoms with Crippen LogP contribution in [0.3, 0.4) is 0 Å². The van der Waals surface area contributed by atoms with E-state index in [-0.39, 0.29) is 6.03 Å². The van der Waals surface area contributed by atoms with Gasteiger partial charge < -0.3 is 10.6 Å². The van der Waals surface area contributed by atoms with Gasteiger partial charge in [0, 0.05) is 19.1 Å². The van der Waals surface area contributed by atoms with Gasteiger partial charge in [0.15, 0.2) is 0 Å². The SMILES string of the molecule is CC(CNC(=O)NCc1ccccc1)N1CCCCC1. The number of amides is 2. The Labute approximate surface area is 121 Å². The molecule has 1 aromatic carbocycles. The van der Waals surface area contributed by atoms with Gasteiger partial charge in [-0.05, 0) is 38.4 Å². The largest absolute Gasteiger partial charge is 0.337 e. The van der Waals surface area contributed by atoms with Crippen LogP contribution in [0.15, 0.2) is 30.3 Å². The predicted molar refractivity (Wildman–Crippen MR) is 81.6 cm³/mol. The van der Waals surface area contributed by atoms with Crippen LogP contribution in [0.1, 0.15) is 31.7 Å². The third-order valence-corrected chi connectivity index (χ3v) is 3.87. The smallest absolute Gasteiger partial charge is 0.315 e. The first-order valence-electron chi connectivity index (χ1n) is 7.55. The van der Waals surface area contributed by atoms with Crippen molar-refractivity contribution < 1.29 is 4.79 Å². The molecule has 1 saturated heterocycles. The summed E-state index contributed by atoms with van der Waals surface area (Å²) in [7, 11) is 0. The number of likely N-dealkylation sites (tertiary alicyclic amines) is 1. The molecule has 1 aromatic rings. The molecule has 4 nitrogen and oxygen atoms in total. The van der Waals surface area contributed by atoms with E-state index in [1.54, 1.807) is 0 Å². The van der Waals surface area contributed by atoms with Crippen LogP contribution < -0.4 is 10.6 Å². The summed E-state index contributed by atoms with van der Waals surface area (Å²) < 4.78 is 0. The van der Waals surface area contributed by atoms with Crippen LogP contribution >= 0.6 is 0 Å². The van der Waals surface area contributed by atoms with Crippen LogP contribution in [0.5, 0.6) is 0 Å². The molecule has 0 bridgehead atoms. The highest BCUT2D eigenvalue weighted by Gasteiger charge is 2.16. The van der Waals surface area contributed by atoms with Gasteiger partial charge in [0.05, 0.1) is 0 Å². The van der Waals surface area contributed by atoms with E-state index in [2.05, 4.69) is 22.5 Å². The maximum atomic E-state index is 11.8. The lowest BCUT2D eigenvalue weighted by atomic mass is 10.1. The van der Waals surface area contributed by atoms with E-state index in [4.69, 9.17) is 0 Å². The molecule has 0 aromatic heterocycles. The average Bonchev–Trinajstić information content (AvgIpc) is 2.52. The number of urea groups is 1. The van der Waals surface area contributed by atoms with Gasteiger partial charge in [0.1, 0.15) is 0 Å². The molecular weight excluding hydrogens is 250 g/mol. The average molecular weight is 275 g/mol. The van der Waals surface area contributed by atoms with Gasteiger partial charge in [-0.25, -0.2) is 4.79 Å². The van der Waals surface area contributed by atoms with E-state index in [1.807, 2.05) is 30.3 Å². The Kier molecular flexibility index (Phi) is 5.87. The minimum Gasteiger partial charge on any atom is -0.337 e. The summed E-state index contributed by atoms with van der Waals surface area (Å²) >= 11 is 0. The summed E-state index contributed by atoms with van der Waals surface area (Å²) in [6.07, 6.45) is 3.91. The topological polar surface area (TPSA) is 44.4 Å². The molecule has 110 valence electrons. The molecule has 4 heteroatoms. The lowest BCUT2D eigenvalue weighted by molar-refractivity contribution is 0.170. The highest BCUT2D eigenvalue weighted by atomic mass is 16.2. The van der Waals surface area contributed by atoms with E-state index in [0.29, 0.717) is 19.1 Å². The Morgan fingerprint density at radius 2 is 1.85 bits per heavy atom. The Morgan fingerprint density at radius 1 is 1.15 bits per heavy atom. The Bertz CT molecular complexity index is 401. The minimum atomic E-state index is -0.0855. The molecule has 2 amide bonds. The van der Waals surface area contributed by atoms with Crippen LogP contribution in [0, 0.1) is 0 Å². The van der Waals surface area contributed by atoms with Crippen LogP contribution in [-0.4, -0.2) is 36.6 Å². The van der Waals surface area contributed by atoms with E-state index in [9.17, 15) is 4.79 Å². The van der Waals surface area contributed by atoms with Crippen LogP contribution in [-0.2, 0) is 6.54 Å². The maximum absolute atomic E-state index is 11.8. The van der Waals surface area contributed by atoms with Crippen LogP contribution in [0.2, 0.25) is 0 Å². The molecule has 2 rings (SSSR count). The fourth-order valence-corrected chi connectivity index (χ4v) is 2.57. The molecule has 2 N–H and O–H groups in total. The monoisotopic (exact) mass is 275 g/mol. The summed E-state index contributed by atoms with van der Waals surface area (Å²) in [4.78, 5) is 14.2. The number of nitrogens with zero attached hydrogens (tertiary/aromatic N) is 1. The fraction of sp³-hybridized carbons (Fsp3) is 0.562. The summed E-state index contributed by atoms with van der Waals surface area (Å²) in [5.41, 5.74) is 1.12. The molecule has 0 saturated carbocycles. The lowest BCUT2D eigenvalue weighted by Crippen LogP contribution is -2.46. The van der Waals surface area contributed by atoms with Gasteiger partial charge in [-0.1, -0.05) is 36.8 Å². The number of carbonyl (C=O) groups excluding carboxylic acids is 1. The van der Waals surface area contributed by atoms with Gasteiger partial charge in [0.2, 0.25) is 0 Å². The van der Waals surface area contributed by atoms with Crippen molar-refractivity contribution in [1.82, 2.24) is 15.5 Å². The minimum absolute atomic E-state index is 0.0855. The Hall–Kier alpha value is -1.55. The molecule has 1 unspecified atom stereocenters. The molecule has 1 heterocycles. The highest BCUT2D eigenvalue weighted by Crippen LogP contribution is 2.11. The van der Waals surface area contributed by atoms with E-state index in [0.717, 1.165) is 18.7 Å². The Morgan fingerprint density at radius 3 is 2.55 bits per heavy atom. The molecule has 0 radical (unpaired) electrons. The molecule has 1 fully saturated rings. The van der Waals surface area contributed by atoms with Crippen LogP contribution in [0.4, 0.5) is 4.79 Å². The van der Waals surface area contributed by atoms with Crippen molar-refractivity contribution in [3.05, 3.63) is 35.9 Å². The van der Waals surface area contributed by atoms with Gasteiger partial charge in [-0.2, -0.15) is 0 Å². The quantitative estimate of drug-likeness (QED) is 0.866. The summed E-state index contributed by atoms with van der Waals surface area (Å²) in [5.74, 6) is 0. The van der Waals surface area contributed by atoms with Gasteiger partial charge >= 0.3 is 6.03 Å². The zero-order chi connectivity index (χ0) is 14.2. The first-order valence-corrected chi connectivity index (χ1v) is 7.55. The van der Waals surface area contributed by atoms with E-state index >= 15 is 0 Å². The highest BCUT2D eigenvalue weighted by molar-refractivity contribution is 5.73. The number of hydrogen-bond donors (Lipinski definition) is 2. The molecule has 1 aliphatic heterocycles. The lowest BCUT2D eigenvalue weighted by Gasteiger charge is -2.32. The van der Waals surface area contributed by atoms with Crippen molar-refractivity contribution in [1.29, 1.82) is 0 Å². The second-order valence-corrected chi connectivity index (χ2v) is 5.49. The van der Waals surface area contributed by atoms with Gasteiger partial charge in [0.25, 0.3) is 0 Å². The number of piperidine rings is 1. The summed E-state index contributed by atoms with van der Waals surface area (Å²) in [5, 5.41) is 5.85. The van der Waals surface area contributed by atoms with E-state index < -0.39 is 0 Å². The predicted octanol–water partition coefficient (Wildman–Crippen LogP) is 2.36. The third-order valence-electron chi connectivity index (χ3n) is 3.87. The van der Waals surface area contributed by atoms with Crippen molar-refractivity contribution in [2.24, 2.45) is 0 Å². The number of hydrogen-bond acceptors (Lipinski definition) is 2. The summed E-state index contributed by atoms with van der Waals surface area (Å²) in [6.45, 7) is 5.79. The van der Waals surface area contributed by atoms with Gasteiger partial charge in [-0.15, -0.1) is 0 Å². The number of nitrogens with one attached hydrogen (secondary N) is 2. The van der Waals surface area contributed by atoms with Crippen LogP contribution in [0.25, 0.3) is 0 Å². The summed E-state index contributed by atoms with van der Waals surface area (Å²) in [6, 6.07) is 10.3. The zero-order valence-corrected chi connectivity index (χ0v) is 12.3. The third kappa shape index (κ3) is 4.85. The second-order valence-electron chi connectivity index (χ2n) is 5.49. The molecule has 0 spiro atoms. The van der Waals surface area contributed by atoms with Crippen molar-refractivity contribution in [3.8, 4) is 0 Å². The normalized spacial score (nSPS) is 17.4. The molecule has 0 aliphatic carbocycles. The second kappa shape index (κ2) is 7.90. The molecule has 1 aliphatic rings. The zero-order valence-electron chi connectivity index (χ0n) is 12.3. The molecular formula is C16H25N3O. The molecule has 1 atom stereocenters.